The smallest absolute Gasteiger partial charge is 0.143 e. The Bertz CT molecular complexity index is 297. The highest BCUT2D eigenvalue weighted by molar-refractivity contribution is 6.30. The normalized spacial score (nSPS) is 11.4. The molecular weight excluding hydrogens is 176 g/mol. The molecule has 0 aliphatic rings. The van der Waals surface area contributed by atoms with Gasteiger partial charge in [0.05, 0.1) is 5.02 Å². The van der Waals surface area contributed by atoms with E-state index in [1.165, 1.54) is 0 Å². The lowest BCUT2D eigenvalue weighted by Crippen LogP contribution is -2.31. The average Bonchev–Trinajstić information content (AvgIpc) is 2.07. The van der Waals surface area contributed by atoms with Gasteiger partial charge in [0.25, 0.3) is 0 Å². The van der Waals surface area contributed by atoms with Crippen molar-refractivity contribution in [3.05, 3.63) is 29.0 Å². The van der Waals surface area contributed by atoms with E-state index in [1.807, 2.05) is 0 Å². The van der Waals surface area contributed by atoms with Crippen molar-refractivity contribution in [2.75, 3.05) is 7.05 Å². The van der Waals surface area contributed by atoms with Crippen LogP contribution in [0.2, 0.25) is 5.02 Å². The molecule has 12 heavy (non-hydrogen) atoms. The number of nitrogens with zero attached hydrogens (tertiary/aromatic N) is 2. The predicted molar refractivity (Wildman–Crippen MR) is 49.0 cm³/mol. The summed E-state index contributed by atoms with van der Waals surface area (Å²) in [6.07, 6.45) is 3.18. The number of halogens is 1. The molecule has 0 radical (unpaired) electrons. The molecule has 0 bridgehead atoms. The van der Waals surface area contributed by atoms with Gasteiger partial charge in [-0.3, -0.25) is 9.98 Å². The van der Waals surface area contributed by atoms with Crippen molar-refractivity contribution in [3.8, 4) is 0 Å². The summed E-state index contributed by atoms with van der Waals surface area (Å²) in [4.78, 5) is 7.79. The van der Waals surface area contributed by atoms with Gasteiger partial charge >= 0.3 is 0 Å². The third-order valence-electron chi connectivity index (χ3n) is 1.34. The minimum atomic E-state index is 0.559. The molecule has 3 N–H and O–H groups in total. The van der Waals surface area contributed by atoms with Crippen LogP contribution in [0.5, 0.6) is 0 Å². The van der Waals surface area contributed by atoms with Crippen molar-refractivity contribution in [3.63, 3.8) is 0 Å². The first-order valence-corrected chi connectivity index (χ1v) is 3.70. The van der Waals surface area contributed by atoms with Gasteiger partial charge in [0.1, 0.15) is 5.84 Å². The Kier molecular flexibility index (Phi) is 3.01. The maximum Gasteiger partial charge on any atom is 0.143 e. The Balaban J connectivity index is 3.02. The molecule has 1 heterocycles. The molecule has 0 aliphatic heterocycles. The summed E-state index contributed by atoms with van der Waals surface area (Å²) in [7, 11) is 1.64. The van der Waals surface area contributed by atoms with Crippen molar-refractivity contribution < 1.29 is 0 Å². The molecule has 64 valence electrons. The number of pyridine rings is 1. The summed E-state index contributed by atoms with van der Waals surface area (Å²) in [5, 5.41) is 0.559. The number of hydrogen-bond acceptors (Lipinski definition) is 3. The summed E-state index contributed by atoms with van der Waals surface area (Å²) in [6.45, 7) is 0. The second-order valence-corrected chi connectivity index (χ2v) is 2.54. The number of hydrazine groups is 1. The van der Waals surface area contributed by atoms with E-state index in [0.717, 1.165) is 5.56 Å². The van der Waals surface area contributed by atoms with Crippen LogP contribution in [-0.4, -0.2) is 17.9 Å². The Hall–Kier alpha value is -1.13. The minimum absolute atomic E-state index is 0.559. The third kappa shape index (κ3) is 1.93. The van der Waals surface area contributed by atoms with Gasteiger partial charge in [-0.05, 0) is 6.07 Å². The molecule has 1 aromatic heterocycles. The molecule has 1 aromatic rings. The van der Waals surface area contributed by atoms with Crippen molar-refractivity contribution in [1.29, 1.82) is 0 Å². The molecular formula is C7H9ClN4. The summed E-state index contributed by atoms with van der Waals surface area (Å²) in [5.41, 5.74) is 3.22. The molecule has 0 spiro atoms. The van der Waals surface area contributed by atoms with Gasteiger partial charge in [0.15, 0.2) is 0 Å². The second kappa shape index (κ2) is 4.04. The van der Waals surface area contributed by atoms with E-state index >= 15 is 0 Å². The quantitative estimate of drug-likeness (QED) is 0.290. The number of hydrogen-bond donors (Lipinski definition) is 2. The molecule has 0 saturated carbocycles. The Morgan fingerprint density at radius 3 is 2.92 bits per heavy atom. The number of aliphatic imine (C=N–C) groups is 1. The predicted octanol–water partition coefficient (Wildman–Crippen LogP) is 0.575. The van der Waals surface area contributed by atoms with Gasteiger partial charge in [0, 0.05) is 25.0 Å². The van der Waals surface area contributed by atoms with Gasteiger partial charge in [0.2, 0.25) is 0 Å². The maximum absolute atomic E-state index is 5.72. The third-order valence-corrected chi connectivity index (χ3v) is 1.55. The van der Waals surface area contributed by atoms with Crippen LogP contribution in [0.1, 0.15) is 5.56 Å². The molecule has 0 aliphatic carbocycles. The number of rotatable bonds is 1. The average molecular weight is 185 g/mol. The highest BCUT2D eigenvalue weighted by atomic mass is 35.5. The van der Waals surface area contributed by atoms with Gasteiger partial charge in [-0.2, -0.15) is 0 Å². The van der Waals surface area contributed by atoms with Crippen LogP contribution in [0.3, 0.4) is 0 Å². The Morgan fingerprint density at radius 1 is 1.67 bits per heavy atom. The van der Waals surface area contributed by atoms with Crippen LogP contribution in [0.25, 0.3) is 0 Å². The van der Waals surface area contributed by atoms with E-state index in [1.54, 1.807) is 25.5 Å². The van der Waals surface area contributed by atoms with Crippen LogP contribution in [0, 0.1) is 0 Å². The van der Waals surface area contributed by atoms with Crippen LogP contribution in [-0.2, 0) is 0 Å². The lowest BCUT2D eigenvalue weighted by atomic mass is 10.3. The topological polar surface area (TPSA) is 63.3 Å². The number of nitrogens with one attached hydrogen (secondary N) is 1. The fourth-order valence-electron chi connectivity index (χ4n) is 0.818. The van der Waals surface area contributed by atoms with Gasteiger partial charge < -0.3 is 5.43 Å². The van der Waals surface area contributed by atoms with Crippen LogP contribution in [0.4, 0.5) is 0 Å². The molecule has 0 amide bonds. The van der Waals surface area contributed by atoms with Gasteiger partial charge in [-0.15, -0.1) is 0 Å². The van der Waals surface area contributed by atoms with Crippen molar-refractivity contribution in [2.24, 2.45) is 10.8 Å². The molecule has 0 fully saturated rings. The van der Waals surface area contributed by atoms with Crippen molar-refractivity contribution >= 4 is 17.4 Å². The molecule has 5 heteroatoms. The first-order chi connectivity index (χ1) is 5.77. The molecule has 0 unspecified atom stereocenters. The summed E-state index contributed by atoms with van der Waals surface area (Å²) in [6, 6.07) is 1.73. The van der Waals surface area contributed by atoms with Crippen LogP contribution in [0.15, 0.2) is 23.5 Å². The van der Waals surface area contributed by atoms with Gasteiger partial charge in [-0.1, -0.05) is 11.6 Å². The Labute approximate surface area is 75.4 Å². The molecule has 0 atom stereocenters. The fourth-order valence-corrected chi connectivity index (χ4v) is 0.992. The fraction of sp³-hybridized carbons (Fsp3) is 0.143. The first kappa shape index (κ1) is 8.96. The standard InChI is InChI=1S/C7H9ClN4/c1-10-7(12-9)5-2-6(8)4-11-3-5/h2-4H,9H2,1H3,(H,10,12). The number of nitrogens with two attached hydrogens (primary N) is 1. The van der Waals surface area contributed by atoms with Crippen LogP contribution < -0.4 is 11.3 Å². The summed E-state index contributed by atoms with van der Waals surface area (Å²) < 4.78 is 0. The molecule has 0 saturated heterocycles. The SMILES string of the molecule is CN=C(NN)c1cncc(Cl)c1. The summed E-state index contributed by atoms with van der Waals surface area (Å²) in [5.74, 6) is 5.77. The maximum atomic E-state index is 5.72. The monoisotopic (exact) mass is 184 g/mol. The zero-order valence-electron chi connectivity index (χ0n) is 6.58. The highest BCUT2D eigenvalue weighted by Crippen LogP contribution is 2.07. The van der Waals surface area contributed by atoms with E-state index in [0.29, 0.717) is 10.9 Å². The van der Waals surface area contributed by atoms with Crippen molar-refractivity contribution in [2.45, 2.75) is 0 Å². The number of aromatic nitrogens is 1. The van der Waals surface area contributed by atoms with Gasteiger partial charge in [-0.25, -0.2) is 5.84 Å². The lowest BCUT2D eigenvalue weighted by molar-refractivity contribution is 1.02. The van der Waals surface area contributed by atoms with E-state index < -0.39 is 0 Å². The molecule has 0 aromatic carbocycles. The largest absolute Gasteiger partial charge is 0.308 e. The Morgan fingerprint density at radius 2 is 2.42 bits per heavy atom. The first-order valence-electron chi connectivity index (χ1n) is 3.32. The summed E-state index contributed by atoms with van der Waals surface area (Å²) >= 11 is 5.72. The van der Waals surface area contributed by atoms with Crippen molar-refractivity contribution in [1.82, 2.24) is 10.4 Å². The minimum Gasteiger partial charge on any atom is -0.308 e. The second-order valence-electron chi connectivity index (χ2n) is 2.11. The zero-order valence-corrected chi connectivity index (χ0v) is 7.34. The van der Waals surface area contributed by atoms with Crippen LogP contribution >= 0.6 is 11.6 Å². The molecule has 1 rings (SSSR count). The van der Waals surface area contributed by atoms with E-state index in [-0.39, 0.29) is 0 Å². The van der Waals surface area contributed by atoms with E-state index in [2.05, 4.69) is 15.4 Å². The highest BCUT2D eigenvalue weighted by Gasteiger charge is 2.00. The lowest BCUT2D eigenvalue weighted by Gasteiger charge is -2.03. The van der Waals surface area contributed by atoms with E-state index in [9.17, 15) is 0 Å². The van der Waals surface area contributed by atoms with E-state index in [4.69, 9.17) is 17.4 Å². The zero-order chi connectivity index (χ0) is 8.97. The number of amidine groups is 1. The molecule has 4 nitrogen and oxygen atoms in total.